The molecule has 0 aliphatic carbocycles. The summed E-state index contributed by atoms with van der Waals surface area (Å²) < 4.78 is 5.79. The Morgan fingerprint density at radius 1 is 0.733 bits per heavy atom. The van der Waals surface area contributed by atoms with Gasteiger partial charge in [-0.25, -0.2) is 0 Å². The maximum absolute atomic E-state index is 12.5. The Kier molecular flexibility index (Phi) is 6.75. The van der Waals surface area contributed by atoms with Crippen LogP contribution in [0.4, 0.5) is 5.69 Å². The first-order chi connectivity index (χ1) is 14.7. The van der Waals surface area contributed by atoms with Gasteiger partial charge in [-0.3, -0.25) is 4.79 Å². The summed E-state index contributed by atoms with van der Waals surface area (Å²) >= 11 is 0. The van der Waals surface area contributed by atoms with Crippen LogP contribution in [0, 0.1) is 0 Å². The van der Waals surface area contributed by atoms with Gasteiger partial charge in [0.2, 0.25) is 0 Å². The average Bonchev–Trinajstić information content (AvgIpc) is 2.78. The summed E-state index contributed by atoms with van der Waals surface area (Å²) in [5, 5.41) is 3.01. The van der Waals surface area contributed by atoms with Crippen molar-refractivity contribution in [1.82, 2.24) is 0 Å². The normalized spacial score (nSPS) is 18.5. The van der Waals surface area contributed by atoms with Gasteiger partial charge in [0.15, 0.2) is 6.54 Å². The van der Waals surface area contributed by atoms with Crippen LogP contribution >= 0.6 is 0 Å². The van der Waals surface area contributed by atoms with Gasteiger partial charge in [-0.2, -0.15) is 0 Å². The minimum atomic E-state index is 0.0632. The number of para-hydroxylation sites is 1. The monoisotopic (exact) mass is 403 g/mol. The van der Waals surface area contributed by atoms with Gasteiger partial charge in [0.05, 0.1) is 0 Å². The van der Waals surface area contributed by atoms with Crippen molar-refractivity contribution < 1.29 is 19.3 Å². The Morgan fingerprint density at radius 3 is 1.97 bits per heavy atom. The Labute approximate surface area is 177 Å². The summed E-state index contributed by atoms with van der Waals surface area (Å²) in [4.78, 5) is 15.4. The second-order valence-electron chi connectivity index (χ2n) is 7.83. The number of carbonyl (C=O) groups excluding carboxylic acids is 1. The molecule has 1 aliphatic rings. The molecule has 3 aromatic carbocycles. The minimum Gasteiger partial charge on any atom is -0.457 e. The maximum atomic E-state index is 12.5. The van der Waals surface area contributed by atoms with E-state index < -0.39 is 0 Å². The van der Waals surface area contributed by atoms with Crippen LogP contribution in [0.1, 0.15) is 5.56 Å². The first-order valence-electron chi connectivity index (χ1n) is 10.6. The number of hydrogen-bond acceptors (Lipinski definition) is 2. The Balaban J connectivity index is 1.20. The first-order valence-corrected chi connectivity index (χ1v) is 10.6. The summed E-state index contributed by atoms with van der Waals surface area (Å²) in [5.41, 5.74) is 2.18. The van der Waals surface area contributed by atoms with Crippen molar-refractivity contribution in [2.75, 3.05) is 38.0 Å². The number of rotatable bonds is 7. The molecule has 0 saturated carbocycles. The molecule has 1 amide bonds. The standard InChI is InChI=1S/C25H27N3O2/c29-25(20-28-17-15-27(16-18-28)19-21-7-3-1-4-8-21)26-22-11-13-24(14-12-22)30-23-9-5-2-6-10-23/h1-14H,15-20H2,(H,26,29)/p+2. The third-order valence-electron chi connectivity index (χ3n) is 5.49. The van der Waals surface area contributed by atoms with Gasteiger partial charge in [-0.15, -0.1) is 0 Å². The van der Waals surface area contributed by atoms with E-state index in [2.05, 4.69) is 35.6 Å². The highest BCUT2D eigenvalue weighted by atomic mass is 16.5. The van der Waals surface area contributed by atoms with E-state index in [0.717, 1.165) is 49.9 Å². The number of ether oxygens (including phenoxy) is 1. The van der Waals surface area contributed by atoms with Crippen molar-refractivity contribution in [3.8, 4) is 11.5 Å². The summed E-state index contributed by atoms with van der Waals surface area (Å²) in [6.07, 6.45) is 0. The summed E-state index contributed by atoms with van der Waals surface area (Å²) in [6.45, 7) is 5.84. The summed E-state index contributed by atoms with van der Waals surface area (Å²) in [6, 6.07) is 27.8. The van der Waals surface area contributed by atoms with E-state index in [1.807, 2.05) is 54.6 Å². The third-order valence-corrected chi connectivity index (χ3v) is 5.49. The van der Waals surface area contributed by atoms with Gasteiger partial charge >= 0.3 is 0 Å². The Hall–Kier alpha value is -3.15. The van der Waals surface area contributed by atoms with E-state index in [-0.39, 0.29) is 5.91 Å². The second-order valence-corrected chi connectivity index (χ2v) is 7.83. The number of nitrogens with one attached hydrogen (secondary N) is 3. The molecule has 1 saturated heterocycles. The smallest absolute Gasteiger partial charge is 0.279 e. The quantitative estimate of drug-likeness (QED) is 0.559. The van der Waals surface area contributed by atoms with Gasteiger partial charge in [0.1, 0.15) is 44.2 Å². The molecule has 0 unspecified atom stereocenters. The second kappa shape index (κ2) is 10.1. The lowest BCUT2D eigenvalue weighted by Crippen LogP contribution is -3.28. The molecule has 154 valence electrons. The van der Waals surface area contributed by atoms with Crippen LogP contribution in [0.25, 0.3) is 0 Å². The topological polar surface area (TPSA) is 47.2 Å². The molecule has 1 heterocycles. The molecule has 0 aromatic heterocycles. The average molecular weight is 404 g/mol. The maximum Gasteiger partial charge on any atom is 0.279 e. The van der Waals surface area contributed by atoms with Crippen LogP contribution in [-0.4, -0.2) is 38.6 Å². The van der Waals surface area contributed by atoms with Crippen molar-refractivity contribution in [2.24, 2.45) is 0 Å². The molecule has 3 aromatic rings. The number of piperazine rings is 1. The number of benzene rings is 3. The highest BCUT2D eigenvalue weighted by molar-refractivity contribution is 5.91. The van der Waals surface area contributed by atoms with E-state index in [4.69, 9.17) is 4.74 Å². The lowest BCUT2D eigenvalue weighted by atomic mass is 10.2. The zero-order valence-corrected chi connectivity index (χ0v) is 17.1. The SMILES string of the molecule is O=C(C[NH+]1CC[NH+](Cc2ccccc2)CC1)Nc1ccc(Oc2ccccc2)cc1. The van der Waals surface area contributed by atoms with E-state index in [1.54, 1.807) is 4.90 Å². The molecule has 1 fully saturated rings. The molecule has 0 radical (unpaired) electrons. The van der Waals surface area contributed by atoms with Gasteiger partial charge in [0.25, 0.3) is 5.91 Å². The van der Waals surface area contributed by atoms with Crippen molar-refractivity contribution in [3.63, 3.8) is 0 Å². The zero-order valence-electron chi connectivity index (χ0n) is 17.1. The lowest BCUT2D eigenvalue weighted by molar-refractivity contribution is -1.02. The summed E-state index contributed by atoms with van der Waals surface area (Å²) in [7, 11) is 0. The van der Waals surface area contributed by atoms with Crippen LogP contribution in [0.5, 0.6) is 11.5 Å². The number of carbonyl (C=O) groups is 1. The van der Waals surface area contributed by atoms with Crippen LogP contribution in [0.15, 0.2) is 84.9 Å². The van der Waals surface area contributed by atoms with E-state index in [0.29, 0.717) is 6.54 Å². The van der Waals surface area contributed by atoms with E-state index >= 15 is 0 Å². The molecule has 4 rings (SSSR count). The number of hydrogen-bond donors (Lipinski definition) is 3. The molecule has 30 heavy (non-hydrogen) atoms. The largest absolute Gasteiger partial charge is 0.457 e. The van der Waals surface area contributed by atoms with Crippen LogP contribution < -0.4 is 19.9 Å². The van der Waals surface area contributed by atoms with E-state index in [1.165, 1.54) is 10.5 Å². The lowest BCUT2D eigenvalue weighted by Gasteiger charge is -2.29. The minimum absolute atomic E-state index is 0.0632. The molecule has 0 atom stereocenters. The number of amides is 1. The zero-order chi connectivity index (χ0) is 20.6. The molecule has 1 aliphatic heterocycles. The van der Waals surface area contributed by atoms with Crippen molar-refractivity contribution in [3.05, 3.63) is 90.5 Å². The summed E-state index contributed by atoms with van der Waals surface area (Å²) in [5.74, 6) is 1.61. The van der Waals surface area contributed by atoms with Crippen LogP contribution in [0.3, 0.4) is 0 Å². The molecule has 5 heteroatoms. The van der Waals surface area contributed by atoms with Gasteiger partial charge in [0, 0.05) is 11.3 Å². The molecular weight excluding hydrogens is 374 g/mol. The van der Waals surface area contributed by atoms with Crippen molar-refractivity contribution >= 4 is 11.6 Å². The fourth-order valence-corrected chi connectivity index (χ4v) is 3.86. The molecule has 0 bridgehead atoms. The fourth-order valence-electron chi connectivity index (χ4n) is 3.86. The Bertz CT molecular complexity index is 922. The van der Waals surface area contributed by atoms with Crippen LogP contribution in [0.2, 0.25) is 0 Å². The predicted octanol–water partition coefficient (Wildman–Crippen LogP) is 1.40. The van der Waals surface area contributed by atoms with Gasteiger partial charge in [-0.1, -0.05) is 48.5 Å². The molecular formula is C25H29N3O2+2. The highest BCUT2D eigenvalue weighted by Crippen LogP contribution is 2.22. The van der Waals surface area contributed by atoms with E-state index in [9.17, 15) is 4.79 Å². The molecule has 5 nitrogen and oxygen atoms in total. The van der Waals surface area contributed by atoms with Crippen LogP contribution in [-0.2, 0) is 11.3 Å². The Morgan fingerprint density at radius 2 is 1.30 bits per heavy atom. The van der Waals surface area contributed by atoms with Gasteiger partial charge < -0.3 is 19.9 Å². The third kappa shape index (κ3) is 5.92. The number of anilines is 1. The van der Waals surface area contributed by atoms with Crippen molar-refractivity contribution in [2.45, 2.75) is 6.54 Å². The number of quaternary nitrogens is 2. The fraction of sp³-hybridized carbons (Fsp3) is 0.240. The first kappa shape index (κ1) is 20.1. The predicted molar refractivity (Wildman–Crippen MR) is 118 cm³/mol. The molecule has 3 N–H and O–H groups in total. The highest BCUT2D eigenvalue weighted by Gasteiger charge is 2.24. The molecule has 0 spiro atoms. The van der Waals surface area contributed by atoms with Crippen molar-refractivity contribution in [1.29, 1.82) is 0 Å². The van der Waals surface area contributed by atoms with Gasteiger partial charge in [-0.05, 0) is 36.4 Å².